The van der Waals surface area contributed by atoms with E-state index < -0.39 is 11.7 Å². The first-order valence-corrected chi connectivity index (χ1v) is 7.81. The molecular weight excluding hydrogens is 334 g/mol. The quantitative estimate of drug-likeness (QED) is 0.536. The zero-order chi connectivity index (χ0) is 15.2. The van der Waals surface area contributed by atoms with Gasteiger partial charge in [0.25, 0.3) is 0 Å². The average Bonchev–Trinajstić information content (AvgIpc) is 2.53. The molecule has 0 bridgehead atoms. The molecule has 21 heavy (non-hydrogen) atoms. The van der Waals surface area contributed by atoms with Gasteiger partial charge in [-0.05, 0) is 30.5 Å². The first-order valence-electron chi connectivity index (χ1n) is 7.02. The lowest BCUT2D eigenvalue weighted by atomic mass is 10.0. The summed E-state index contributed by atoms with van der Waals surface area (Å²) in [5.74, 6) is -1.65. The lowest BCUT2D eigenvalue weighted by Crippen LogP contribution is -1.87. The van der Waals surface area contributed by atoms with Crippen molar-refractivity contribution in [1.82, 2.24) is 0 Å². The molecule has 0 unspecified atom stereocenters. The summed E-state index contributed by atoms with van der Waals surface area (Å²) in [4.78, 5) is 0. The van der Waals surface area contributed by atoms with E-state index in [4.69, 9.17) is 0 Å². The van der Waals surface area contributed by atoms with Gasteiger partial charge < -0.3 is 0 Å². The first-order chi connectivity index (χ1) is 10.1. The second-order valence-corrected chi connectivity index (χ2v) is 5.85. The van der Waals surface area contributed by atoms with E-state index in [0.29, 0.717) is 0 Å². The molecule has 0 aliphatic carbocycles. The molecule has 110 valence electrons. The maximum Gasteiger partial charge on any atom is 0.166 e. The second-order valence-electron chi connectivity index (χ2n) is 4.94. The molecule has 3 heteroatoms. The lowest BCUT2D eigenvalue weighted by Gasteiger charge is -2.04. The molecule has 0 nitrogen and oxygen atoms in total. The van der Waals surface area contributed by atoms with Crippen molar-refractivity contribution >= 4 is 27.6 Å². The Labute approximate surface area is 132 Å². The SMILES string of the molecule is CCCCc1ccc(/C(F)=C(\F)c2ccc(Br)cc2)cc1. The zero-order valence-electron chi connectivity index (χ0n) is 11.9. The fourth-order valence-electron chi connectivity index (χ4n) is 2.05. The van der Waals surface area contributed by atoms with Gasteiger partial charge in [0.15, 0.2) is 11.7 Å². The van der Waals surface area contributed by atoms with Crippen molar-refractivity contribution in [3.63, 3.8) is 0 Å². The van der Waals surface area contributed by atoms with E-state index in [1.165, 1.54) is 0 Å². The highest BCUT2D eigenvalue weighted by atomic mass is 79.9. The van der Waals surface area contributed by atoms with Gasteiger partial charge in [0.1, 0.15) is 0 Å². The van der Waals surface area contributed by atoms with E-state index >= 15 is 0 Å². The minimum absolute atomic E-state index is 0.241. The van der Waals surface area contributed by atoms with Crippen LogP contribution in [0.15, 0.2) is 53.0 Å². The molecule has 0 N–H and O–H groups in total. The van der Waals surface area contributed by atoms with E-state index in [2.05, 4.69) is 22.9 Å². The third-order valence-electron chi connectivity index (χ3n) is 3.32. The fourth-order valence-corrected chi connectivity index (χ4v) is 2.31. The van der Waals surface area contributed by atoms with Gasteiger partial charge in [-0.1, -0.05) is 65.7 Å². The molecule has 0 heterocycles. The molecule has 0 saturated heterocycles. The molecule has 0 aliphatic rings. The van der Waals surface area contributed by atoms with Gasteiger partial charge in [0, 0.05) is 15.6 Å². The summed E-state index contributed by atoms with van der Waals surface area (Å²) < 4.78 is 29.2. The summed E-state index contributed by atoms with van der Waals surface area (Å²) in [6.45, 7) is 2.13. The number of benzene rings is 2. The Morgan fingerprint density at radius 2 is 1.33 bits per heavy atom. The summed E-state index contributed by atoms with van der Waals surface area (Å²) >= 11 is 3.27. The Morgan fingerprint density at radius 3 is 1.81 bits per heavy atom. The van der Waals surface area contributed by atoms with Gasteiger partial charge in [-0.2, -0.15) is 0 Å². The predicted molar refractivity (Wildman–Crippen MR) is 88.2 cm³/mol. The monoisotopic (exact) mass is 350 g/mol. The Bertz CT molecular complexity index is 613. The van der Waals surface area contributed by atoms with Gasteiger partial charge in [0.2, 0.25) is 0 Å². The summed E-state index contributed by atoms with van der Waals surface area (Å²) in [5, 5.41) is 0. The van der Waals surface area contributed by atoms with Crippen LogP contribution < -0.4 is 0 Å². The predicted octanol–water partition coefficient (Wildman–Crippen LogP) is 6.56. The molecule has 2 aromatic rings. The Kier molecular flexibility index (Phi) is 5.68. The highest BCUT2D eigenvalue weighted by Crippen LogP contribution is 2.29. The summed E-state index contributed by atoms with van der Waals surface area (Å²) in [6.07, 6.45) is 3.19. The second kappa shape index (κ2) is 7.51. The topological polar surface area (TPSA) is 0 Å². The Morgan fingerprint density at radius 1 is 0.857 bits per heavy atom. The number of unbranched alkanes of at least 4 members (excludes halogenated alkanes) is 1. The number of aryl methyl sites for hydroxylation is 1. The maximum atomic E-state index is 14.2. The number of hydrogen-bond acceptors (Lipinski definition) is 0. The van der Waals surface area contributed by atoms with Gasteiger partial charge in [0.05, 0.1) is 0 Å². The molecule has 2 rings (SSSR count). The minimum atomic E-state index is -0.830. The minimum Gasteiger partial charge on any atom is -0.203 e. The van der Waals surface area contributed by atoms with E-state index in [1.807, 2.05) is 12.1 Å². The van der Waals surface area contributed by atoms with Crippen LogP contribution in [0.2, 0.25) is 0 Å². The fraction of sp³-hybridized carbons (Fsp3) is 0.222. The van der Waals surface area contributed by atoms with Crippen LogP contribution in [0.1, 0.15) is 36.5 Å². The summed E-state index contributed by atoms with van der Waals surface area (Å²) in [7, 11) is 0. The van der Waals surface area contributed by atoms with Gasteiger partial charge in [-0.3, -0.25) is 0 Å². The first kappa shape index (κ1) is 15.9. The average molecular weight is 351 g/mol. The van der Waals surface area contributed by atoms with Crippen molar-refractivity contribution < 1.29 is 8.78 Å². The van der Waals surface area contributed by atoms with E-state index in [9.17, 15) is 8.78 Å². The molecule has 0 fully saturated rings. The van der Waals surface area contributed by atoms with Gasteiger partial charge in [-0.15, -0.1) is 0 Å². The zero-order valence-corrected chi connectivity index (χ0v) is 13.5. The van der Waals surface area contributed by atoms with Crippen LogP contribution in [0.4, 0.5) is 8.78 Å². The van der Waals surface area contributed by atoms with Crippen LogP contribution in [-0.2, 0) is 6.42 Å². The van der Waals surface area contributed by atoms with E-state index in [0.717, 1.165) is 29.3 Å². The van der Waals surface area contributed by atoms with Crippen LogP contribution in [-0.4, -0.2) is 0 Å². The Hall–Kier alpha value is -1.48. The van der Waals surface area contributed by atoms with Crippen LogP contribution in [0.3, 0.4) is 0 Å². The molecule has 0 aromatic heterocycles. The number of halogens is 3. The third kappa shape index (κ3) is 4.24. The number of rotatable bonds is 5. The standard InChI is InChI=1S/C18H17BrF2/c1-2-3-4-13-5-7-14(8-6-13)17(20)18(21)15-9-11-16(19)12-10-15/h5-12H,2-4H2,1H3/b18-17+. The van der Waals surface area contributed by atoms with Crippen LogP contribution in [0, 0.1) is 0 Å². The van der Waals surface area contributed by atoms with Crippen molar-refractivity contribution in [2.45, 2.75) is 26.2 Å². The highest BCUT2D eigenvalue weighted by molar-refractivity contribution is 9.10. The van der Waals surface area contributed by atoms with Gasteiger partial charge >= 0.3 is 0 Å². The highest BCUT2D eigenvalue weighted by Gasteiger charge is 2.11. The molecule has 0 radical (unpaired) electrons. The van der Waals surface area contributed by atoms with Crippen molar-refractivity contribution in [1.29, 1.82) is 0 Å². The molecule has 0 aliphatic heterocycles. The molecule has 0 saturated carbocycles. The Balaban J connectivity index is 2.23. The van der Waals surface area contributed by atoms with E-state index in [-0.39, 0.29) is 11.1 Å². The summed E-state index contributed by atoms with van der Waals surface area (Å²) in [6, 6.07) is 13.5. The maximum absolute atomic E-state index is 14.2. The van der Waals surface area contributed by atoms with E-state index in [1.54, 1.807) is 36.4 Å². The largest absolute Gasteiger partial charge is 0.203 e. The normalized spacial score (nSPS) is 12.2. The lowest BCUT2D eigenvalue weighted by molar-refractivity contribution is 0.700. The smallest absolute Gasteiger partial charge is 0.166 e. The van der Waals surface area contributed by atoms with Crippen molar-refractivity contribution in [3.8, 4) is 0 Å². The van der Waals surface area contributed by atoms with Crippen molar-refractivity contribution in [2.75, 3.05) is 0 Å². The van der Waals surface area contributed by atoms with Crippen LogP contribution in [0.5, 0.6) is 0 Å². The molecule has 0 atom stereocenters. The molecular formula is C18H17BrF2. The van der Waals surface area contributed by atoms with Crippen LogP contribution in [0.25, 0.3) is 11.7 Å². The van der Waals surface area contributed by atoms with Crippen LogP contribution >= 0.6 is 15.9 Å². The number of hydrogen-bond donors (Lipinski definition) is 0. The van der Waals surface area contributed by atoms with Crippen molar-refractivity contribution in [2.24, 2.45) is 0 Å². The van der Waals surface area contributed by atoms with Crippen molar-refractivity contribution in [3.05, 3.63) is 69.7 Å². The molecule has 0 amide bonds. The summed E-state index contributed by atoms with van der Waals surface area (Å²) in [5.41, 5.74) is 1.67. The molecule has 0 spiro atoms. The van der Waals surface area contributed by atoms with Gasteiger partial charge in [-0.25, -0.2) is 8.78 Å². The third-order valence-corrected chi connectivity index (χ3v) is 3.85. The molecule has 2 aromatic carbocycles.